The topological polar surface area (TPSA) is 119 Å². The average Bonchev–Trinajstić information content (AvgIpc) is 2.70. The maximum absolute atomic E-state index is 12.2. The first-order chi connectivity index (χ1) is 13.8. The monoisotopic (exact) mass is 413 g/mol. The number of ether oxygens (including phenoxy) is 2. The summed E-state index contributed by atoms with van der Waals surface area (Å²) in [6.45, 7) is 7.24. The molecule has 29 heavy (non-hydrogen) atoms. The van der Waals surface area contributed by atoms with Crippen LogP contribution in [0.2, 0.25) is 0 Å². The highest BCUT2D eigenvalue weighted by molar-refractivity contribution is 5.97. The minimum absolute atomic E-state index is 0.245. The summed E-state index contributed by atoms with van der Waals surface area (Å²) >= 11 is 0. The highest BCUT2D eigenvalue weighted by Gasteiger charge is 2.21. The molecule has 0 saturated carbocycles. The van der Waals surface area contributed by atoms with E-state index in [-0.39, 0.29) is 11.5 Å². The van der Waals surface area contributed by atoms with Gasteiger partial charge in [-0.25, -0.2) is 9.59 Å². The van der Waals surface area contributed by atoms with Gasteiger partial charge in [0.2, 0.25) is 0 Å². The third kappa shape index (κ3) is 15.1. The molecule has 0 aromatic heterocycles. The Labute approximate surface area is 173 Å². The number of carbonyl (C=O) groups excluding carboxylic acids is 3. The minimum Gasteiger partial charge on any atom is -0.466 e. The summed E-state index contributed by atoms with van der Waals surface area (Å²) in [6, 6.07) is 0. The summed E-state index contributed by atoms with van der Waals surface area (Å²) in [5, 5.41) is 7.89. The molecule has 0 aliphatic rings. The molecule has 0 bridgehead atoms. The Morgan fingerprint density at radius 1 is 0.931 bits per heavy atom. The van der Waals surface area contributed by atoms with E-state index in [1.54, 1.807) is 13.8 Å². The van der Waals surface area contributed by atoms with E-state index in [9.17, 15) is 14.4 Å². The second kappa shape index (κ2) is 18.8. The number of allylic oxidation sites excluding steroid dienone is 2. The van der Waals surface area contributed by atoms with Crippen LogP contribution in [0.5, 0.6) is 0 Å². The number of nitrogens with zero attached hydrogens (tertiary/aromatic N) is 1. The number of esters is 3. The van der Waals surface area contributed by atoms with Crippen LogP contribution in [-0.4, -0.2) is 30.2 Å². The summed E-state index contributed by atoms with van der Waals surface area (Å²) in [4.78, 5) is 43.6. The third-order valence-electron chi connectivity index (χ3n) is 4.34. The molecule has 0 rings (SSSR count). The van der Waals surface area contributed by atoms with Gasteiger partial charge < -0.3 is 14.7 Å². The van der Waals surface area contributed by atoms with Crippen LogP contribution in [0.3, 0.4) is 0 Å². The van der Waals surface area contributed by atoms with Crippen LogP contribution in [0.1, 0.15) is 79.1 Å². The first-order valence-electron chi connectivity index (χ1n) is 9.95. The Morgan fingerprint density at radius 3 is 1.90 bits per heavy atom. The Morgan fingerprint density at radius 2 is 1.41 bits per heavy atom. The average molecular weight is 414 g/mol. The van der Waals surface area contributed by atoms with E-state index in [0.29, 0.717) is 12.0 Å². The predicted molar refractivity (Wildman–Crippen MR) is 110 cm³/mol. The number of carbonyl (C=O) groups is 3. The summed E-state index contributed by atoms with van der Waals surface area (Å²) in [7, 11) is 1.29. The molecule has 0 saturated heterocycles. The lowest BCUT2D eigenvalue weighted by atomic mass is 9.98. The van der Waals surface area contributed by atoms with Crippen molar-refractivity contribution >= 4 is 17.9 Å². The number of unbranched alkanes of at least 4 members (excludes halogenated alkanes) is 5. The Bertz CT molecular complexity index is 567. The molecular weight excluding hydrogens is 378 g/mol. The Kier molecular flexibility index (Phi) is 18.6. The van der Waals surface area contributed by atoms with E-state index in [1.165, 1.54) is 50.3 Å². The van der Waals surface area contributed by atoms with E-state index in [2.05, 4.69) is 11.7 Å². The van der Waals surface area contributed by atoms with Gasteiger partial charge >= 0.3 is 17.9 Å². The van der Waals surface area contributed by atoms with Gasteiger partial charge in [0, 0.05) is 11.1 Å². The fourth-order valence-corrected chi connectivity index (χ4v) is 2.46. The minimum atomic E-state index is -0.676. The molecule has 0 radical (unpaired) electrons. The molecule has 8 heteroatoms. The van der Waals surface area contributed by atoms with E-state index in [1.807, 2.05) is 6.92 Å². The summed E-state index contributed by atoms with van der Waals surface area (Å²) < 4.78 is 9.57. The van der Waals surface area contributed by atoms with Gasteiger partial charge in [-0.15, -0.1) is 4.91 Å². The highest BCUT2D eigenvalue weighted by Crippen LogP contribution is 2.17. The van der Waals surface area contributed by atoms with Crippen molar-refractivity contribution < 1.29 is 29.1 Å². The van der Waals surface area contributed by atoms with Gasteiger partial charge in [-0.3, -0.25) is 4.79 Å². The lowest BCUT2D eigenvalue weighted by Gasteiger charge is -2.13. The van der Waals surface area contributed by atoms with Crippen LogP contribution in [0.25, 0.3) is 0 Å². The SMILES string of the molecule is CCCCCCCCC(CC)C(=O)OC(=O)C(C)=CC=C(C)C(=O)OC.O=NO. The lowest BCUT2D eigenvalue weighted by molar-refractivity contribution is -0.160. The van der Waals surface area contributed by atoms with Crippen molar-refractivity contribution in [3.8, 4) is 0 Å². The van der Waals surface area contributed by atoms with E-state index >= 15 is 0 Å². The molecule has 1 atom stereocenters. The van der Waals surface area contributed by atoms with Crippen molar-refractivity contribution in [3.63, 3.8) is 0 Å². The molecule has 166 valence electrons. The molecule has 1 unspecified atom stereocenters. The van der Waals surface area contributed by atoms with Crippen LogP contribution < -0.4 is 0 Å². The molecule has 0 amide bonds. The molecule has 0 aromatic rings. The smallest absolute Gasteiger partial charge is 0.341 e. The molecule has 8 nitrogen and oxygen atoms in total. The van der Waals surface area contributed by atoms with Crippen molar-refractivity contribution in [2.45, 2.75) is 79.1 Å². The van der Waals surface area contributed by atoms with Gasteiger partial charge in [0.1, 0.15) is 0 Å². The van der Waals surface area contributed by atoms with Crippen LogP contribution in [0.15, 0.2) is 28.6 Å². The maximum Gasteiger partial charge on any atom is 0.341 e. The molecule has 1 N–H and O–H groups in total. The van der Waals surface area contributed by atoms with Crippen LogP contribution in [0, 0.1) is 10.8 Å². The van der Waals surface area contributed by atoms with E-state index in [4.69, 9.17) is 14.9 Å². The normalized spacial score (nSPS) is 12.3. The van der Waals surface area contributed by atoms with Gasteiger partial charge in [-0.1, -0.05) is 64.5 Å². The van der Waals surface area contributed by atoms with Gasteiger partial charge in [0.15, 0.2) is 5.34 Å². The molecule has 0 fully saturated rings. The van der Waals surface area contributed by atoms with Gasteiger partial charge in [-0.2, -0.15) is 0 Å². The lowest BCUT2D eigenvalue weighted by Crippen LogP contribution is -2.21. The van der Waals surface area contributed by atoms with Crippen LogP contribution in [-0.2, 0) is 23.9 Å². The number of hydrogen-bond acceptors (Lipinski definition) is 7. The third-order valence-corrected chi connectivity index (χ3v) is 4.34. The second-order valence-corrected chi connectivity index (χ2v) is 6.64. The fraction of sp³-hybridized carbons (Fsp3) is 0.667. The maximum atomic E-state index is 12.2. The molecule has 0 spiro atoms. The first kappa shape index (κ1) is 28.7. The molecule has 0 aliphatic heterocycles. The second-order valence-electron chi connectivity index (χ2n) is 6.64. The zero-order chi connectivity index (χ0) is 22.7. The standard InChI is InChI=1S/C21H34O5.HNO2/c1-6-8-9-10-11-12-13-18(7-2)21(24)26-20(23)17(4)15-14-16(3)19(22)25-5;2-1-3/h14-15,18H,6-13H2,1-5H3;(H,2,3). The van der Waals surface area contributed by atoms with E-state index < -0.39 is 17.9 Å². The van der Waals surface area contributed by atoms with Gasteiger partial charge in [-0.05, 0) is 26.7 Å². The van der Waals surface area contributed by atoms with Crippen molar-refractivity contribution in [3.05, 3.63) is 28.2 Å². The summed E-state index contributed by atoms with van der Waals surface area (Å²) in [5.41, 5.74) is 0.622. The Hall–Kier alpha value is -2.51. The fourth-order valence-electron chi connectivity index (χ4n) is 2.46. The van der Waals surface area contributed by atoms with Crippen molar-refractivity contribution in [1.29, 1.82) is 0 Å². The van der Waals surface area contributed by atoms with E-state index in [0.717, 1.165) is 19.3 Å². The zero-order valence-corrected chi connectivity index (χ0v) is 18.2. The quantitative estimate of drug-likeness (QED) is 0.0905. The van der Waals surface area contributed by atoms with Gasteiger partial charge in [0.25, 0.3) is 0 Å². The predicted octanol–water partition coefficient (Wildman–Crippen LogP) is 5.04. The molecular formula is C21H35NO7. The summed E-state index contributed by atoms with van der Waals surface area (Å²) in [5.74, 6) is -1.86. The summed E-state index contributed by atoms with van der Waals surface area (Å²) in [6.07, 6.45) is 11.3. The first-order valence-corrected chi connectivity index (χ1v) is 9.95. The van der Waals surface area contributed by atoms with Crippen LogP contribution >= 0.6 is 0 Å². The number of rotatable bonds is 12. The number of methoxy groups -OCH3 is 1. The highest BCUT2D eigenvalue weighted by atomic mass is 16.6. The molecule has 0 aromatic carbocycles. The largest absolute Gasteiger partial charge is 0.466 e. The zero-order valence-electron chi connectivity index (χ0n) is 18.2. The molecule has 0 aliphatic carbocycles. The number of hydrogen-bond donors (Lipinski definition) is 1. The van der Waals surface area contributed by atoms with Crippen molar-refractivity contribution in [2.75, 3.05) is 7.11 Å². The molecule has 0 heterocycles. The van der Waals surface area contributed by atoms with Gasteiger partial charge in [0.05, 0.1) is 13.0 Å². The Balaban J connectivity index is 0. The van der Waals surface area contributed by atoms with Crippen molar-refractivity contribution in [1.82, 2.24) is 0 Å². The van der Waals surface area contributed by atoms with Crippen molar-refractivity contribution in [2.24, 2.45) is 11.3 Å². The van der Waals surface area contributed by atoms with Crippen LogP contribution in [0.4, 0.5) is 0 Å².